The van der Waals surface area contributed by atoms with Crippen LogP contribution in [0.1, 0.15) is 24.5 Å². The van der Waals surface area contributed by atoms with Gasteiger partial charge in [-0.1, -0.05) is 36.4 Å². The lowest BCUT2D eigenvalue weighted by Gasteiger charge is -2.19. The van der Waals surface area contributed by atoms with Gasteiger partial charge in [-0.25, -0.2) is 0 Å². The number of nitrogens with one attached hydrogen (secondary N) is 1. The van der Waals surface area contributed by atoms with E-state index in [-0.39, 0.29) is 11.9 Å². The van der Waals surface area contributed by atoms with Crippen molar-refractivity contribution in [2.75, 3.05) is 13.2 Å². The number of fused-ring (bicyclic) bond motifs is 1. The lowest BCUT2D eigenvalue weighted by molar-refractivity contribution is -0.121. The van der Waals surface area contributed by atoms with Crippen molar-refractivity contribution in [2.24, 2.45) is 0 Å². The first kappa shape index (κ1) is 16.4. The van der Waals surface area contributed by atoms with Crippen molar-refractivity contribution in [3.63, 3.8) is 0 Å². The standard InChI is InChI=1S/C20H23NO3/c1-15(7-8-16-5-3-2-4-6-16)21-20(22)14-17-9-10-18-19(13-17)24-12-11-23-18/h2-6,9-10,13,15H,7-8,11-12,14H2,1H3,(H,21,22)/t15-/m0/s1. The monoisotopic (exact) mass is 325 g/mol. The Kier molecular flexibility index (Phi) is 5.36. The van der Waals surface area contributed by atoms with Gasteiger partial charge in [0, 0.05) is 6.04 Å². The summed E-state index contributed by atoms with van der Waals surface area (Å²) in [5.41, 5.74) is 2.23. The van der Waals surface area contributed by atoms with Gasteiger partial charge in [0.1, 0.15) is 13.2 Å². The third-order valence-electron chi connectivity index (χ3n) is 4.09. The van der Waals surface area contributed by atoms with Gasteiger partial charge in [-0.2, -0.15) is 0 Å². The maximum absolute atomic E-state index is 12.2. The number of ether oxygens (including phenoxy) is 2. The average molecular weight is 325 g/mol. The molecule has 1 aliphatic heterocycles. The normalized spacial score (nSPS) is 14.0. The van der Waals surface area contributed by atoms with Gasteiger partial charge < -0.3 is 14.8 Å². The van der Waals surface area contributed by atoms with Gasteiger partial charge in [-0.15, -0.1) is 0 Å². The SMILES string of the molecule is C[C@@H](CCc1ccccc1)NC(=O)Cc1ccc2c(c1)OCCO2. The summed E-state index contributed by atoms with van der Waals surface area (Å²) >= 11 is 0. The molecule has 24 heavy (non-hydrogen) atoms. The Morgan fingerprint density at radius 1 is 1.04 bits per heavy atom. The molecule has 1 atom stereocenters. The molecular weight excluding hydrogens is 302 g/mol. The molecule has 0 fully saturated rings. The Bertz CT molecular complexity index is 685. The van der Waals surface area contributed by atoms with Crippen molar-refractivity contribution >= 4 is 5.91 Å². The minimum atomic E-state index is 0.0345. The molecule has 0 radical (unpaired) electrons. The number of rotatable bonds is 6. The fourth-order valence-corrected chi connectivity index (χ4v) is 2.81. The van der Waals surface area contributed by atoms with E-state index in [0.717, 1.165) is 29.9 Å². The van der Waals surface area contributed by atoms with Gasteiger partial charge in [0.15, 0.2) is 11.5 Å². The zero-order valence-electron chi connectivity index (χ0n) is 14.0. The van der Waals surface area contributed by atoms with Gasteiger partial charge in [-0.05, 0) is 43.0 Å². The molecule has 0 saturated carbocycles. The fourth-order valence-electron chi connectivity index (χ4n) is 2.81. The molecule has 1 N–H and O–H groups in total. The van der Waals surface area contributed by atoms with Crippen LogP contribution in [0.4, 0.5) is 0 Å². The van der Waals surface area contributed by atoms with Crippen molar-refractivity contribution in [3.8, 4) is 11.5 Å². The quantitative estimate of drug-likeness (QED) is 0.887. The summed E-state index contributed by atoms with van der Waals surface area (Å²) in [7, 11) is 0. The molecular formula is C20H23NO3. The number of carbonyl (C=O) groups excluding carboxylic acids is 1. The molecule has 1 aliphatic rings. The molecule has 4 heteroatoms. The summed E-state index contributed by atoms with van der Waals surface area (Å²) in [6.07, 6.45) is 2.25. The van der Waals surface area contributed by atoms with Crippen LogP contribution in [-0.4, -0.2) is 25.2 Å². The highest BCUT2D eigenvalue weighted by molar-refractivity contribution is 5.79. The topological polar surface area (TPSA) is 47.6 Å². The van der Waals surface area contributed by atoms with Gasteiger partial charge in [-0.3, -0.25) is 4.79 Å². The van der Waals surface area contributed by atoms with Crippen molar-refractivity contribution in [3.05, 3.63) is 59.7 Å². The van der Waals surface area contributed by atoms with E-state index in [0.29, 0.717) is 19.6 Å². The third kappa shape index (κ3) is 4.51. The van der Waals surface area contributed by atoms with Crippen LogP contribution in [0.5, 0.6) is 11.5 Å². The zero-order valence-corrected chi connectivity index (χ0v) is 14.0. The van der Waals surface area contributed by atoms with Crippen LogP contribution in [0.3, 0.4) is 0 Å². The third-order valence-corrected chi connectivity index (χ3v) is 4.09. The van der Waals surface area contributed by atoms with Gasteiger partial charge in [0.2, 0.25) is 5.91 Å². The highest BCUT2D eigenvalue weighted by Gasteiger charge is 2.14. The van der Waals surface area contributed by atoms with E-state index in [1.807, 2.05) is 43.3 Å². The Morgan fingerprint density at radius 3 is 2.58 bits per heavy atom. The van der Waals surface area contributed by atoms with E-state index in [1.54, 1.807) is 0 Å². The molecule has 0 bridgehead atoms. The molecule has 0 saturated heterocycles. The predicted octanol–water partition coefficient (Wildman–Crippen LogP) is 3.14. The Labute approximate surface area is 142 Å². The van der Waals surface area contributed by atoms with Crippen LogP contribution in [0, 0.1) is 0 Å². The van der Waals surface area contributed by atoms with E-state index in [4.69, 9.17) is 9.47 Å². The minimum absolute atomic E-state index is 0.0345. The molecule has 4 nitrogen and oxygen atoms in total. The number of amides is 1. The van der Waals surface area contributed by atoms with E-state index in [2.05, 4.69) is 17.4 Å². The van der Waals surface area contributed by atoms with Crippen LogP contribution < -0.4 is 14.8 Å². The van der Waals surface area contributed by atoms with Crippen LogP contribution in [0.15, 0.2) is 48.5 Å². The molecule has 0 unspecified atom stereocenters. The maximum Gasteiger partial charge on any atom is 0.224 e. The Balaban J connectivity index is 1.48. The molecule has 1 heterocycles. The molecule has 2 aromatic rings. The number of benzene rings is 2. The van der Waals surface area contributed by atoms with Crippen LogP contribution in [0.25, 0.3) is 0 Å². The summed E-state index contributed by atoms with van der Waals surface area (Å²) < 4.78 is 11.1. The first-order valence-corrected chi connectivity index (χ1v) is 8.42. The highest BCUT2D eigenvalue weighted by atomic mass is 16.6. The fraction of sp³-hybridized carbons (Fsp3) is 0.350. The maximum atomic E-state index is 12.2. The first-order valence-electron chi connectivity index (χ1n) is 8.42. The van der Waals surface area contributed by atoms with Gasteiger partial charge >= 0.3 is 0 Å². The molecule has 126 valence electrons. The summed E-state index contributed by atoms with van der Waals surface area (Å²) in [6.45, 7) is 3.18. The Morgan fingerprint density at radius 2 is 1.79 bits per heavy atom. The smallest absolute Gasteiger partial charge is 0.224 e. The van der Waals surface area contributed by atoms with E-state index in [1.165, 1.54) is 5.56 Å². The lowest BCUT2D eigenvalue weighted by atomic mass is 10.1. The first-order chi connectivity index (χ1) is 11.7. The molecule has 2 aromatic carbocycles. The summed E-state index contributed by atoms with van der Waals surface area (Å²) in [4.78, 5) is 12.2. The zero-order chi connectivity index (χ0) is 16.8. The largest absolute Gasteiger partial charge is 0.486 e. The second-order valence-electron chi connectivity index (χ2n) is 6.15. The van der Waals surface area contributed by atoms with E-state index >= 15 is 0 Å². The van der Waals surface area contributed by atoms with Crippen molar-refractivity contribution in [1.29, 1.82) is 0 Å². The summed E-state index contributed by atoms with van der Waals surface area (Å²) in [5.74, 6) is 1.51. The number of hydrogen-bond donors (Lipinski definition) is 1. The predicted molar refractivity (Wildman–Crippen MR) is 93.5 cm³/mol. The van der Waals surface area contributed by atoms with Gasteiger partial charge in [0.25, 0.3) is 0 Å². The minimum Gasteiger partial charge on any atom is -0.486 e. The van der Waals surface area contributed by atoms with Crippen LogP contribution >= 0.6 is 0 Å². The second kappa shape index (κ2) is 7.86. The molecule has 0 aliphatic carbocycles. The number of hydrogen-bond acceptors (Lipinski definition) is 3. The van der Waals surface area contributed by atoms with Crippen molar-refractivity contribution in [1.82, 2.24) is 5.32 Å². The molecule has 3 rings (SSSR count). The van der Waals surface area contributed by atoms with Crippen molar-refractivity contribution in [2.45, 2.75) is 32.2 Å². The molecule has 1 amide bonds. The van der Waals surface area contributed by atoms with Crippen molar-refractivity contribution < 1.29 is 14.3 Å². The Hall–Kier alpha value is -2.49. The van der Waals surface area contributed by atoms with E-state index < -0.39 is 0 Å². The summed E-state index contributed by atoms with van der Waals surface area (Å²) in [5, 5.41) is 3.07. The van der Waals surface area contributed by atoms with E-state index in [9.17, 15) is 4.79 Å². The summed E-state index contributed by atoms with van der Waals surface area (Å²) in [6, 6.07) is 16.2. The molecule has 0 spiro atoms. The molecule has 0 aromatic heterocycles. The second-order valence-corrected chi connectivity index (χ2v) is 6.15. The highest BCUT2D eigenvalue weighted by Crippen LogP contribution is 2.30. The van der Waals surface area contributed by atoms with Crippen LogP contribution in [-0.2, 0) is 17.6 Å². The van der Waals surface area contributed by atoms with Crippen LogP contribution in [0.2, 0.25) is 0 Å². The number of aryl methyl sites for hydroxylation is 1. The number of carbonyl (C=O) groups is 1. The van der Waals surface area contributed by atoms with Gasteiger partial charge in [0.05, 0.1) is 6.42 Å². The lowest BCUT2D eigenvalue weighted by Crippen LogP contribution is -2.34. The average Bonchev–Trinajstić information content (AvgIpc) is 2.60.